The standard InChI is InChI=1S/C22H34FN3O6S/c1-14-10-19(24-33(29,30)25(2)3)20(26(14)22(28)31-4)13-32-17-8-9-18(21(27)12-17)15-6-5-7-16(23)11-15/h5-7,11,14,17-21,24,27H,8-10,12-13H2,1-4H3/t14-,17-,18?,19-,20-,21?/m0/s1. The first-order valence-electron chi connectivity index (χ1n) is 11.1. The lowest BCUT2D eigenvalue weighted by Crippen LogP contribution is -2.52. The van der Waals surface area contributed by atoms with Gasteiger partial charge in [-0.05, 0) is 43.9 Å². The van der Waals surface area contributed by atoms with Crippen molar-refractivity contribution in [2.24, 2.45) is 0 Å². The van der Waals surface area contributed by atoms with Gasteiger partial charge in [-0.15, -0.1) is 0 Å². The van der Waals surface area contributed by atoms with Crippen LogP contribution in [0.2, 0.25) is 0 Å². The molecule has 1 saturated heterocycles. The van der Waals surface area contributed by atoms with E-state index in [-0.39, 0.29) is 30.5 Å². The summed E-state index contributed by atoms with van der Waals surface area (Å²) < 4.78 is 53.2. The number of aliphatic hydroxyl groups excluding tert-OH is 1. The molecular weight excluding hydrogens is 453 g/mol. The Balaban J connectivity index is 1.67. The molecule has 3 rings (SSSR count). The highest BCUT2D eigenvalue weighted by Gasteiger charge is 2.45. The van der Waals surface area contributed by atoms with E-state index in [0.29, 0.717) is 25.7 Å². The zero-order valence-corrected chi connectivity index (χ0v) is 20.3. The fraction of sp³-hybridized carbons (Fsp3) is 0.682. The van der Waals surface area contributed by atoms with Gasteiger partial charge in [0.05, 0.1) is 32.0 Å². The molecule has 33 heavy (non-hydrogen) atoms. The van der Waals surface area contributed by atoms with Gasteiger partial charge >= 0.3 is 6.09 Å². The number of amides is 1. The minimum Gasteiger partial charge on any atom is -0.453 e. The highest BCUT2D eigenvalue weighted by molar-refractivity contribution is 7.87. The SMILES string of the molecule is COC(=O)N1[C@@H](C)C[C@H](NS(=O)(=O)N(C)C)[C@@H]1CO[C@H]1CCC(c2cccc(F)c2)C(O)C1. The summed E-state index contributed by atoms with van der Waals surface area (Å²) in [6, 6.07) is 4.94. The van der Waals surface area contributed by atoms with Crippen molar-refractivity contribution in [1.29, 1.82) is 0 Å². The summed E-state index contributed by atoms with van der Waals surface area (Å²) in [7, 11) is 0.444. The van der Waals surface area contributed by atoms with Crippen LogP contribution in [0.4, 0.5) is 9.18 Å². The molecule has 1 aliphatic heterocycles. The average Bonchev–Trinajstić information content (AvgIpc) is 3.05. The first-order chi connectivity index (χ1) is 15.5. The highest BCUT2D eigenvalue weighted by Crippen LogP contribution is 2.35. The Labute approximate surface area is 195 Å². The number of nitrogens with zero attached hydrogens (tertiary/aromatic N) is 2. The maximum absolute atomic E-state index is 13.6. The predicted octanol–water partition coefficient (Wildman–Crippen LogP) is 1.83. The number of methoxy groups -OCH3 is 1. The molecule has 1 amide bonds. The van der Waals surface area contributed by atoms with Crippen molar-refractivity contribution < 1.29 is 32.2 Å². The molecule has 2 aliphatic rings. The maximum Gasteiger partial charge on any atom is 0.410 e. The maximum atomic E-state index is 13.6. The third-order valence-electron chi connectivity index (χ3n) is 6.61. The zero-order chi connectivity index (χ0) is 24.3. The smallest absolute Gasteiger partial charge is 0.410 e. The van der Waals surface area contributed by atoms with E-state index < -0.39 is 34.5 Å². The Morgan fingerprint density at radius 3 is 2.64 bits per heavy atom. The molecule has 1 aromatic carbocycles. The van der Waals surface area contributed by atoms with Crippen LogP contribution in [-0.2, 0) is 19.7 Å². The largest absolute Gasteiger partial charge is 0.453 e. The lowest BCUT2D eigenvalue weighted by Gasteiger charge is -2.35. The van der Waals surface area contributed by atoms with Gasteiger partial charge in [0.2, 0.25) is 0 Å². The quantitative estimate of drug-likeness (QED) is 0.608. The number of hydrogen-bond donors (Lipinski definition) is 2. The molecule has 1 aromatic rings. The van der Waals surface area contributed by atoms with E-state index in [1.165, 1.54) is 38.2 Å². The van der Waals surface area contributed by atoms with E-state index >= 15 is 0 Å². The Bertz CT molecular complexity index is 930. The number of ether oxygens (including phenoxy) is 2. The van der Waals surface area contributed by atoms with Crippen molar-refractivity contribution in [1.82, 2.24) is 13.9 Å². The number of benzene rings is 1. The first kappa shape index (κ1) is 25.8. The molecule has 0 bridgehead atoms. The Morgan fingerprint density at radius 2 is 2.03 bits per heavy atom. The van der Waals surface area contributed by atoms with Gasteiger partial charge in [0, 0.05) is 38.5 Å². The second-order valence-electron chi connectivity index (χ2n) is 9.04. The summed E-state index contributed by atoms with van der Waals surface area (Å²) in [5, 5.41) is 10.7. The van der Waals surface area contributed by atoms with Crippen LogP contribution in [0.5, 0.6) is 0 Å². The van der Waals surface area contributed by atoms with Crippen LogP contribution in [-0.4, -0.2) is 87.0 Å². The molecule has 1 heterocycles. The Morgan fingerprint density at radius 1 is 1.30 bits per heavy atom. The lowest BCUT2D eigenvalue weighted by atomic mass is 9.80. The third-order valence-corrected chi connectivity index (χ3v) is 8.17. The summed E-state index contributed by atoms with van der Waals surface area (Å²) in [5.41, 5.74) is 0.764. The molecule has 1 aliphatic carbocycles. The second-order valence-corrected chi connectivity index (χ2v) is 11.0. The summed E-state index contributed by atoms with van der Waals surface area (Å²) in [4.78, 5) is 13.9. The van der Waals surface area contributed by atoms with Gasteiger partial charge in [-0.3, -0.25) is 4.90 Å². The number of aliphatic hydroxyl groups is 1. The van der Waals surface area contributed by atoms with Crippen LogP contribution < -0.4 is 4.72 Å². The van der Waals surface area contributed by atoms with Crippen molar-refractivity contribution >= 4 is 16.3 Å². The summed E-state index contributed by atoms with van der Waals surface area (Å²) in [6.07, 6.45) is 0.596. The molecule has 11 heteroatoms. The number of nitrogens with one attached hydrogen (secondary N) is 1. The molecule has 1 saturated carbocycles. The fourth-order valence-corrected chi connectivity index (χ4v) is 5.67. The van der Waals surface area contributed by atoms with Gasteiger partial charge in [0.25, 0.3) is 10.2 Å². The number of carbonyl (C=O) groups is 1. The van der Waals surface area contributed by atoms with E-state index in [2.05, 4.69) is 4.72 Å². The molecule has 186 valence electrons. The van der Waals surface area contributed by atoms with Gasteiger partial charge in [-0.1, -0.05) is 12.1 Å². The molecule has 2 N–H and O–H groups in total. The molecule has 0 spiro atoms. The second kappa shape index (κ2) is 10.6. The van der Waals surface area contributed by atoms with Crippen LogP contribution in [0.3, 0.4) is 0 Å². The Hall–Kier alpha value is -1.79. The van der Waals surface area contributed by atoms with E-state index in [4.69, 9.17) is 9.47 Å². The topological polar surface area (TPSA) is 108 Å². The van der Waals surface area contributed by atoms with Crippen molar-refractivity contribution in [3.05, 3.63) is 35.6 Å². The molecule has 9 nitrogen and oxygen atoms in total. The van der Waals surface area contributed by atoms with Crippen molar-refractivity contribution in [2.45, 2.75) is 68.9 Å². The first-order valence-corrected chi connectivity index (χ1v) is 12.6. The number of hydrogen-bond acceptors (Lipinski definition) is 6. The summed E-state index contributed by atoms with van der Waals surface area (Å²) in [5.74, 6) is -0.499. The monoisotopic (exact) mass is 487 g/mol. The molecular formula is C22H34FN3O6S. The van der Waals surface area contributed by atoms with Gasteiger partial charge in [-0.2, -0.15) is 17.4 Å². The predicted molar refractivity (Wildman–Crippen MR) is 120 cm³/mol. The minimum absolute atomic E-state index is 0.0993. The normalized spacial score (nSPS) is 30.6. The van der Waals surface area contributed by atoms with Crippen LogP contribution in [0.1, 0.15) is 44.1 Å². The van der Waals surface area contributed by atoms with Crippen LogP contribution in [0.15, 0.2) is 24.3 Å². The number of rotatable bonds is 7. The zero-order valence-electron chi connectivity index (χ0n) is 19.5. The number of likely N-dealkylation sites (tertiary alicyclic amines) is 1. The fourth-order valence-electron chi connectivity index (χ4n) is 4.82. The van der Waals surface area contributed by atoms with E-state index in [1.807, 2.05) is 13.0 Å². The third kappa shape index (κ3) is 6.02. The van der Waals surface area contributed by atoms with Gasteiger partial charge in [0.1, 0.15) is 5.82 Å². The minimum atomic E-state index is -3.71. The molecule has 2 fully saturated rings. The van der Waals surface area contributed by atoms with E-state index in [9.17, 15) is 22.7 Å². The van der Waals surface area contributed by atoms with Gasteiger partial charge in [0.15, 0.2) is 0 Å². The Kier molecular flexibility index (Phi) is 8.33. The van der Waals surface area contributed by atoms with Crippen LogP contribution in [0, 0.1) is 5.82 Å². The van der Waals surface area contributed by atoms with Crippen molar-refractivity contribution in [2.75, 3.05) is 27.8 Å². The molecule has 0 aromatic heterocycles. The van der Waals surface area contributed by atoms with E-state index in [1.54, 1.807) is 6.07 Å². The summed E-state index contributed by atoms with van der Waals surface area (Å²) >= 11 is 0. The average molecular weight is 488 g/mol. The van der Waals surface area contributed by atoms with Gasteiger partial charge < -0.3 is 14.6 Å². The highest BCUT2D eigenvalue weighted by atomic mass is 32.2. The molecule has 0 radical (unpaired) electrons. The van der Waals surface area contributed by atoms with Crippen molar-refractivity contribution in [3.63, 3.8) is 0 Å². The van der Waals surface area contributed by atoms with E-state index in [0.717, 1.165) is 9.87 Å². The lowest BCUT2D eigenvalue weighted by molar-refractivity contribution is -0.0416. The molecule has 6 atom stereocenters. The molecule has 2 unspecified atom stereocenters. The van der Waals surface area contributed by atoms with Crippen LogP contribution >= 0.6 is 0 Å². The number of halogens is 1. The number of carbonyl (C=O) groups excluding carboxylic acids is 1. The van der Waals surface area contributed by atoms with Crippen LogP contribution in [0.25, 0.3) is 0 Å². The van der Waals surface area contributed by atoms with Gasteiger partial charge in [-0.25, -0.2) is 9.18 Å². The summed E-state index contributed by atoms with van der Waals surface area (Å²) in [6.45, 7) is 1.93. The van der Waals surface area contributed by atoms with Crippen molar-refractivity contribution in [3.8, 4) is 0 Å².